The Bertz CT molecular complexity index is 504. The highest BCUT2D eigenvalue weighted by atomic mass is 19.1. The second-order valence-corrected chi connectivity index (χ2v) is 3.43. The number of aliphatic imine (C=N–C) groups is 1. The Kier molecular flexibility index (Phi) is 5.27. The van der Waals surface area contributed by atoms with E-state index < -0.39 is 17.8 Å². The van der Waals surface area contributed by atoms with Crippen molar-refractivity contribution in [3.05, 3.63) is 30.1 Å². The first-order valence-corrected chi connectivity index (χ1v) is 5.36. The summed E-state index contributed by atoms with van der Waals surface area (Å²) < 4.78 is 13.2. The minimum absolute atomic E-state index is 0.0560. The Labute approximate surface area is 109 Å². The molecule has 0 unspecified atom stereocenters. The van der Waals surface area contributed by atoms with Gasteiger partial charge in [0.1, 0.15) is 12.4 Å². The molecule has 5 N–H and O–H groups in total. The lowest BCUT2D eigenvalue weighted by molar-refractivity contribution is -0.114. The predicted octanol–water partition coefficient (Wildman–Crippen LogP) is 0.00790. The molecule has 0 spiro atoms. The van der Waals surface area contributed by atoms with Crippen LogP contribution in [0.5, 0.6) is 0 Å². The zero-order valence-corrected chi connectivity index (χ0v) is 10.2. The van der Waals surface area contributed by atoms with E-state index in [4.69, 9.17) is 5.73 Å². The Morgan fingerprint density at radius 2 is 2.05 bits per heavy atom. The highest BCUT2D eigenvalue weighted by Crippen LogP contribution is 2.11. The second kappa shape index (κ2) is 6.94. The summed E-state index contributed by atoms with van der Waals surface area (Å²) in [5, 5.41) is 6.78. The van der Waals surface area contributed by atoms with E-state index >= 15 is 0 Å². The molecule has 0 fully saturated rings. The number of nitrogens with two attached hydrogens (primary N) is 1. The summed E-state index contributed by atoms with van der Waals surface area (Å²) in [4.78, 5) is 26.0. The number of nitrogens with zero attached hydrogens (tertiary/aromatic N) is 1. The molecule has 1 aromatic rings. The van der Waals surface area contributed by atoms with Crippen molar-refractivity contribution in [3.63, 3.8) is 0 Å². The van der Waals surface area contributed by atoms with Crippen LogP contribution in [0, 0.1) is 5.82 Å². The zero-order valence-electron chi connectivity index (χ0n) is 10.2. The molecule has 8 heteroatoms. The molecule has 0 saturated heterocycles. The summed E-state index contributed by atoms with van der Waals surface area (Å²) in [6, 6.07) is 5.19. The normalized spacial score (nSPS) is 10.7. The van der Waals surface area contributed by atoms with Gasteiger partial charge in [-0.15, -0.1) is 0 Å². The number of amides is 3. The lowest BCUT2D eigenvalue weighted by atomic mass is 10.3. The van der Waals surface area contributed by atoms with Crippen molar-refractivity contribution in [3.8, 4) is 0 Å². The minimum Gasteiger partial charge on any atom is -0.370 e. The Morgan fingerprint density at radius 3 is 2.68 bits per heavy atom. The van der Waals surface area contributed by atoms with Crippen LogP contribution in [0.4, 0.5) is 14.9 Å². The Hall–Kier alpha value is -2.64. The lowest BCUT2D eigenvalue weighted by Crippen LogP contribution is -2.42. The average molecular weight is 267 g/mol. The molecule has 0 saturated carbocycles. The third kappa shape index (κ3) is 5.02. The average Bonchev–Trinajstić information content (AvgIpc) is 2.39. The number of urea groups is 1. The molecule has 0 aromatic heterocycles. The van der Waals surface area contributed by atoms with E-state index in [0.717, 1.165) is 0 Å². The van der Waals surface area contributed by atoms with Crippen molar-refractivity contribution in [1.29, 1.82) is 0 Å². The molecular formula is C11H14FN5O2. The monoisotopic (exact) mass is 267 g/mol. The summed E-state index contributed by atoms with van der Waals surface area (Å²) in [5.41, 5.74) is 5.40. The molecule has 0 atom stereocenters. The number of anilines is 1. The summed E-state index contributed by atoms with van der Waals surface area (Å²) >= 11 is 0. The van der Waals surface area contributed by atoms with Gasteiger partial charge in [-0.05, 0) is 12.1 Å². The summed E-state index contributed by atoms with van der Waals surface area (Å²) in [7, 11) is 1.41. The van der Waals surface area contributed by atoms with E-state index in [2.05, 4.69) is 20.9 Å². The van der Waals surface area contributed by atoms with Gasteiger partial charge < -0.3 is 16.4 Å². The fraction of sp³-hybridized carbons (Fsp3) is 0.182. The van der Waals surface area contributed by atoms with Crippen molar-refractivity contribution in [2.24, 2.45) is 10.7 Å². The topological polar surface area (TPSA) is 109 Å². The molecule has 3 amide bonds. The molecule has 0 aliphatic carbocycles. The van der Waals surface area contributed by atoms with Gasteiger partial charge in [-0.25, -0.2) is 14.2 Å². The van der Waals surface area contributed by atoms with Gasteiger partial charge in [-0.1, -0.05) is 12.1 Å². The first-order chi connectivity index (χ1) is 9.02. The van der Waals surface area contributed by atoms with Crippen LogP contribution in [-0.2, 0) is 4.79 Å². The number of benzene rings is 1. The van der Waals surface area contributed by atoms with Crippen LogP contribution in [0.3, 0.4) is 0 Å². The number of para-hydroxylation sites is 1. The molecule has 0 radical (unpaired) electrons. The van der Waals surface area contributed by atoms with Crippen LogP contribution in [0.2, 0.25) is 0 Å². The van der Waals surface area contributed by atoms with Crippen molar-refractivity contribution in [2.75, 3.05) is 18.9 Å². The van der Waals surface area contributed by atoms with Gasteiger partial charge in [0, 0.05) is 7.05 Å². The summed E-state index contributed by atoms with van der Waals surface area (Å²) in [5.74, 6) is -1.30. The van der Waals surface area contributed by atoms with Crippen molar-refractivity contribution >= 4 is 23.6 Å². The molecule has 0 aliphatic rings. The third-order valence-electron chi connectivity index (χ3n) is 2.01. The molecule has 19 heavy (non-hydrogen) atoms. The minimum atomic E-state index is -0.549. The fourth-order valence-electron chi connectivity index (χ4n) is 1.13. The van der Waals surface area contributed by atoms with Gasteiger partial charge in [0.2, 0.25) is 5.91 Å². The third-order valence-corrected chi connectivity index (χ3v) is 2.01. The van der Waals surface area contributed by atoms with Crippen LogP contribution in [-0.4, -0.2) is 31.5 Å². The van der Waals surface area contributed by atoms with Gasteiger partial charge in [0.25, 0.3) is 0 Å². The number of hydrogen-bond donors (Lipinski definition) is 4. The van der Waals surface area contributed by atoms with Crippen LogP contribution in [0.15, 0.2) is 29.3 Å². The molecule has 102 valence electrons. The smallest absolute Gasteiger partial charge is 0.321 e. The highest BCUT2D eigenvalue weighted by Gasteiger charge is 2.06. The van der Waals surface area contributed by atoms with E-state index in [-0.39, 0.29) is 18.2 Å². The van der Waals surface area contributed by atoms with Gasteiger partial charge in [0.15, 0.2) is 5.96 Å². The summed E-state index contributed by atoms with van der Waals surface area (Å²) in [6.07, 6.45) is 0. The van der Waals surface area contributed by atoms with E-state index in [1.807, 2.05) is 0 Å². The number of hydrogen-bond acceptors (Lipinski definition) is 3. The zero-order chi connectivity index (χ0) is 14.3. The van der Waals surface area contributed by atoms with Gasteiger partial charge in [-0.3, -0.25) is 10.1 Å². The van der Waals surface area contributed by atoms with E-state index in [1.165, 1.54) is 25.2 Å². The largest absolute Gasteiger partial charge is 0.370 e. The predicted molar refractivity (Wildman–Crippen MR) is 69.1 cm³/mol. The van der Waals surface area contributed by atoms with Crippen molar-refractivity contribution in [2.45, 2.75) is 0 Å². The molecule has 0 aliphatic heterocycles. The second-order valence-electron chi connectivity index (χ2n) is 3.43. The Balaban J connectivity index is 2.50. The van der Waals surface area contributed by atoms with Crippen molar-refractivity contribution < 1.29 is 14.0 Å². The number of rotatable bonds is 3. The van der Waals surface area contributed by atoms with Crippen LogP contribution < -0.4 is 21.7 Å². The standard InChI is InChI=1S/C11H14FN5O2/c1-14-11(19)17-10(13)15-6-9(18)16-8-5-3-2-4-7(8)12/h2-5H,6H2,1H3,(H,16,18)(H4,13,14,15,17,19). The number of carbonyl (C=O) groups is 2. The molecule has 0 heterocycles. The van der Waals surface area contributed by atoms with Gasteiger partial charge in [-0.2, -0.15) is 0 Å². The maximum Gasteiger partial charge on any atom is 0.321 e. The van der Waals surface area contributed by atoms with E-state index in [0.29, 0.717) is 0 Å². The molecular weight excluding hydrogens is 253 g/mol. The first kappa shape index (κ1) is 14.4. The summed E-state index contributed by atoms with van der Waals surface area (Å²) in [6.45, 7) is -0.329. The van der Waals surface area contributed by atoms with Crippen LogP contribution in [0.25, 0.3) is 0 Å². The van der Waals surface area contributed by atoms with E-state index in [9.17, 15) is 14.0 Å². The van der Waals surface area contributed by atoms with E-state index in [1.54, 1.807) is 6.07 Å². The number of halogens is 1. The SMILES string of the molecule is CNC(=O)NC(N)=NCC(=O)Nc1ccccc1F. The molecule has 1 aromatic carbocycles. The molecule has 0 bridgehead atoms. The molecule has 1 rings (SSSR count). The number of nitrogens with one attached hydrogen (secondary N) is 3. The quantitative estimate of drug-likeness (QED) is 0.457. The maximum absolute atomic E-state index is 13.2. The lowest BCUT2D eigenvalue weighted by Gasteiger charge is -2.05. The first-order valence-electron chi connectivity index (χ1n) is 5.36. The maximum atomic E-state index is 13.2. The van der Waals surface area contributed by atoms with Crippen molar-refractivity contribution in [1.82, 2.24) is 10.6 Å². The number of carbonyl (C=O) groups excluding carboxylic acids is 2. The van der Waals surface area contributed by atoms with Gasteiger partial charge >= 0.3 is 6.03 Å². The number of guanidine groups is 1. The fourth-order valence-corrected chi connectivity index (χ4v) is 1.13. The van der Waals surface area contributed by atoms with Crippen LogP contribution >= 0.6 is 0 Å². The van der Waals surface area contributed by atoms with Crippen LogP contribution in [0.1, 0.15) is 0 Å². The highest BCUT2D eigenvalue weighted by molar-refractivity contribution is 5.98. The van der Waals surface area contributed by atoms with Gasteiger partial charge in [0.05, 0.1) is 5.69 Å². The molecule has 7 nitrogen and oxygen atoms in total. The Morgan fingerprint density at radius 1 is 1.37 bits per heavy atom.